The molecule has 19 heavy (non-hydrogen) atoms. The highest BCUT2D eigenvalue weighted by Gasteiger charge is 2.53. The maximum Gasteiger partial charge on any atom is 0.218 e. The van der Waals surface area contributed by atoms with Gasteiger partial charge in [-0.15, -0.1) is 0 Å². The standard InChI is InChI=1S/C16H16N2O/c17-13-4-5-15(18-10-13)19-14-8-11-7-12-3-1-2-6-16(12,14)9-11/h1-6,8,10-12H,7,9,17H2. The lowest BCUT2D eigenvalue weighted by atomic mass is 9.74. The van der Waals surface area contributed by atoms with Gasteiger partial charge in [0, 0.05) is 6.07 Å². The highest BCUT2D eigenvalue weighted by atomic mass is 16.5. The number of allylic oxidation sites excluding steroid dienone is 5. The molecule has 0 aliphatic heterocycles. The van der Waals surface area contributed by atoms with Crippen molar-refractivity contribution in [2.24, 2.45) is 17.3 Å². The summed E-state index contributed by atoms with van der Waals surface area (Å²) >= 11 is 0. The van der Waals surface area contributed by atoms with Gasteiger partial charge in [-0.25, -0.2) is 4.98 Å². The van der Waals surface area contributed by atoms with E-state index in [1.807, 2.05) is 12.1 Å². The molecule has 1 aromatic rings. The van der Waals surface area contributed by atoms with Crippen molar-refractivity contribution in [1.82, 2.24) is 4.98 Å². The maximum absolute atomic E-state index is 6.03. The number of anilines is 1. The van der Waals surface area contributed by atoms with Gasteiger partial charge in [-0.1, -0.05) is 24.3 Å². The van der Waals surface area contributed by atoms with Gasteiger partial charge < -0.3 is 10.5 Å². The SMILES string of the molecule is Nc1ccc(OC2=CC3CC4C=CC=CC24C3)nc1. The number of nitrogen functional groups attached to an aromatic ring is 1. The van der Waals surface area contributed by atoms with Crippen LogP contribution in [0.4, 0.5) is 5.69 Å². The van der Waals surface area contributed by atoms with Crippen LogP contribution in [0.15, 0.2) is 54.5 Å². The lowest BCUT2D eigenvalue weighted by Gasteiger charge is -2.33. The number of pyridine rings is 1. The molecule has 3 aliphatic rings. The number of rotatable bonds is 2. The van der Waals surface area contributed by atoms with Gasteiger partial charge in [-0.05, 0) is 36.8 Å². The Kier molecular flexibility index (Phi) is 2.13. The molecule has 1 spiro atoms. The number of nitrogens with two attached hydrogens (primary N) is 1. The van der Waals surface area contributed by atoms with Crippen LogP contribution in [0.1, 0.15) is 12.8 Å². The number of ether oxygens (including phenoxy) is 1. The van der Waals surface area contributed by atoms with E-state index in [1.165, 1.54) is 12.8 Å². The molecule has 3 heteroatoms. The average molecular weight is 252 g/mol. The minimum absolute atomic E-state index is 0.0719. The van der Waals surface area contributed by atoms with E-state index >= 15 is 0 Å². The largest absolute Gasteiger partial charge is 0.443 e. The van der Waals surface area contributed by atoms with Crippen molar-refractivity contribution >= 4 is 5.69 Å². The molecule has 3 atom stereocenters. The Hall–Kier alpha value is -2.03. The smallest absolute Gasteiger partial charge is 0.218 e. The Bertz CT molecular complexity index is 600. The summed E-state index contributed by atoms with van der Waals surface area (Å²) < 4.78 is 6.03. The summed E-state index contributed by atoms with van der Waals surface area (Å²) in [6.45, 7) is 0. The second kappa shape index (κ2) is 3.73. The number of nitrogens with zero attached hydrogens (tertiary/aromatic N) is 1. The third-order valence-corrected chi connectivity index (χ3v) is 4.49. The quantitative estimate of drug-likeness (QED) is 0.880. The molecule has 2 N–H and O–H groups in total. The van der Waals surface area contributed by atoms with Crippen molar-refractivity contribution in [3.05, 3.63) is 54.5 Å². The zero-order valence-electron chi connectivity index (χ0n) is 10.6. The molecule has 3 nitrogen and oxygen atoms in total. The molecule has 1 saturated carbocycles. The summed E-state index contributed by atoms with van der Waals surface area (Å²) in [5, 5.41) is 0. The van der Waals surface area contributed by atoms with E-state index in [-0.39, 0.29) is 5.41 Å². The predicted molar refractivity (Wildman–Crippen MR) is 74.3 cm³/mol. The van der Waals surface area contributed by atoms with Crippen molar-refractivity contribution < 1.29 is 4.74 Å². The topological polar surface area (TPSA) is 48.1 Å². The van der Waals surface area contributed by atoms with Crippen LogP contribution < -0.4 is 10.5 Å². The molecular weight excluding hydrogens is 236 g/mol. The molecule has 1 fully saturated rings. The lowest BCUT2D eigenvalue weighted by molar-refractivity contribution is 0.252. The number of aromatic nitrogens is 1. The van der Waals surface area contributed by atoms with Crippen LogP contribution in [0.5, 0.6) is 5.88 Å². The van der Waals surface area contributed by atoms with Gasteiger partial charge >= 0.3 is 0 Å². The molecule has 0 saturated heterocycles. The van der Waals surface area contributed by atoms with E-state index in [9.17, 15) is 0 Å². The molecule has 3 unspecified atom stereocenters. The monoisotopic (exact) mass is 252 g/mol. The van der Waals surface area contributed by atoms with Crippen molar-refractivity contribution in [2.45, 2.75) is 12.8 Å². The Balaban J connectivity index is 1.66. The van der Waals surface area contributed by atoms with Crippen molar-refractivity contribution in [3.63, 3.8) is 0 Å². The fourth-order valence-corrected chi connectivity index (χ4v) is 3.63. The molecule has 0 radical (unpaired) electrons. The molecule has 0 amide bonds. The van der Waals surface area contributed by atoms with Crippen LogP contribution in [0.25, 0.3) is 0 Å². The first-order chi connectivity index (χ1) is 9.26. The van der Waals surface area contributed by atoms with E-state index in [0.29, 0.717) is 23.4 Å². The summed E-state index contributed by atoms with van der Waals surface area (Å²) in [7, 11) is 0. The highest BCUT2D eigenvalue weighted by molar-refractivity contribution is 5.40. The molecule has 1 aromatic heterocycles. The first-order valence-electron chi connectivity index (χ1n) is 6.74. The average Bonchev–Trinajstić information content (AvgIpc) is 2.94. The first kappa shape index (κ1) is 10.9. The predicted octanol–water partition coefficient (Wildman–Crippen LogP) is 3.08. The Labute approximate surface area is 112 Å². The first-order valence-corrected chi connectivity index (χ1v) is 6.74. The number of hydrogen-bond acceptors (Lipinski definition) is 3. The van der Waals surface area contributed by atoms with Gasteiger partial charge in [0.05, 0.1) is 17.3 Å². The molecule has 0 aromatic carbocycles. The fourth-order valence-electron chi connectivity index (χ4n) is 3.63. The third kappa shape index (κ3) is 1.54. The van der Waals surface area contributed by atoms with Crippen LogP contribution in [-0.2, 0) is 0 Å². The lowest BCUT2D eigenvalue weighted by Crippen LogP contribution is -2.28. The van der Waals surface area contributed by atoms with Gasteiger partial charge in [0.15, 0.2) is 0 Å². The number of hydrogen-bond donors (Lipinski definition) is 1. The number of fused-ring (bicyclic) bond motifs is 1. The van der Waals surface area contributed by atoms with Gasteiger partial charge in [-0.2, -0.15) is 0 Å². The van der Waals surface area contributed by atoms with E-state index in [0.717, 1.165) is 5.76 Å². The molecule has 3 aliphatic carbocycles. The molecule has 4 rings (SSSR count). The van der Waals surface area contributed by atoms with Gasteiger partial charge in [-0.3, -0.25) is 0 Å². The van der Waals surface area contributed by atoms with Crippen LogP contribution in [0.3, 0.4) is 0 Å². The van der Waals surface area contributed by atoms with Crippen LogP contribution in [0, 0.1) is 17.3 Å². The zero-order valence-corrected chi connectivity index (χ0v) is 10.6. The third-order valence-electron chi connectivity index (χ3n) is 4.49. The minimum atomic E-state index is 0.0719. The van der Waals surface area contributed by atoms with Gasteiger partial charge in [0.2, 0.25) is 5.88 Å². The van der Waals surface area contributed by atoms with Crippen molar-refractivity contribution in [1.29, 1.82) is 0 Å². The zero-order chi connectivity index (χ0) is 12.9. The molecule has 1 heterocycles. The van der Waals surface area contributed by atoms with Crippen LogP contribution >= 0.6 is 0 Å². The van der Waals surface area contributed by atoms with Crippen molar-refractivity contribution in [2.75, 3.05) is 5.73 Å². The maximum atomic E-state index is 6.03. The highest BCUT2D eigenvalue weighted by Crippen LogP contribution is 2.59. The van der Waals surface area contributed by atoms with Crippen LogP contribution in [0.2, 0.25) is 0 Å². The normalized spacial score (nSPS) is 34.2. The Morgan fingerprint density at radius 2 is 2.26 bits per heavy atom. The Morgan fingerprint density at radius 3 is 3.11 bits per heavy atom. The molecular formula is C16H16N2O. The second-order valence-corrected chi connectivity index (χ2v) is 5.65. The Morgan fingerprint density at radius 1 is 1.32 bits per heavy atom. The van der Waals surface area contributed by atoms with E-state index in [1.54, 1.807) is 6.20 Å². The second-order valence-electron chi connectivity index (χ2n) is 5.65. The summed E-state index contributed by atoms with van der Waals surface area (Å²) in [4.78, 5) is 4.23. The summed E-state index contributed by atoms with van der Waals surface area (Å²) in [5.41, 5.74) is 6.38. The van der Waals surface area contributed by atoms with E-state index in [2.05, 4.69) is 35.4 Å². The van der Waals surface area contributed by atoms with Gasteiger partial charge in [0.25, 0.3) is 0 Å². The fraction of sp³-hybridized carbons (Fsp3) is 0.312. The summed E-state index contributed by atoms with van der Waals surface area (Å²) in [5.74, 6) is 2.91. The van der Waals surface area contributed by atoms with Crippen molar-refractivity contribution in [3.8, 4) is 5.88 Å². The van der Waals surface area contributed by atoms with Crippen LogP contribution in [-0.4, -0.2) is 4.98 Å². The summed E-state index contributed by atoms with van der Waals surface area (Å²) in [6, 6.07) is 3.65. The molecule has 2 bridgehead atoms. The van der Waals surface area contributed by atoms with Gasteiger partial charge in [0.1, 0.15) is 5.76 Å². The van der Waals surface area contributed by atoms with E-state index in [4.69, 9.17) is 10.5 Å². The van der Waals surface area contributed by atoms with E-state index < -0.39 is 0 Å². The molecule has 96 valence electrons. The summed E-state index contributed by atoms with van der Waals surface area (Å²) in [6.07, 6.45) is 15.2. The minimum Gasteiger partial charge on any atom is -0.443 e.